The molecule has 1 atom stereocenters. The minimum atomic E-state index is -3.10. The number of nitrogens with one attached hydrogen (secondary N) is 3. The second-order valence-corrected chi connectivity index (χ2v) is 8.87. The van der Waals surface area contributed by atoms with E-state index in [0.717, 1.165) is 6.42 Å². The summed E-state index contributed by atoms with van der Waals surface area (Å²) in [6, 6.07) is 1.13. The first-order chi connectivity index (χ1) is 16.2. The van der Waals surface area contributed by atoms with Crippen molar-refractivity contribution >= 4 is 31.6 Å². The molecule has 2 aromatic heterocycles. The van der Waals surface area contributed by atoms with Crippen LogP contribution in [0.1, 0.15) is 51.1 Å². The minimum Gasteiger partial charge on any atom is -0.820 e. The number of amides is 2. The first-order valence-corrected chi connectivity index (χ1v) is 11.8. The van der Waals surface area contributed by atoms with Gasteiger partial charge in [-0.1, -0.05) is 0 Å². The maximum atomic E-state index is 15.8. The quantitative estimate of drug-likeness (QED) is 0.206. The molecule has 11 nitrogen and oxygen atoms in total. The van der Waals surface area contributed by atoms with Crippen molar-refractivity contribution in [3.63, 3.8) is 0 Å². The van der Waals surface area contributed by atoms with Crippen LogP contribution < -0.4 is 79.5 Å². The number of benzene rings is 1. The molecular weight excluding hydrogens is 512 g/mol. The average molecular weight is 536 g/mol. The van der Waals surface area contributed by atoms with Crippen LogP contribution in [0.4, 0.5) is 15.1 Å². The third kappa shape index (κ3) is 7.00. The standard InChI is InChI=1S/C21H24FN6O5P.2Na/c1-4-23-20(29)28-19-26-13-8-12(16(22)15(17(13)27-19)14-6-5-7-32-14)11-9-24-18(25-10-11)21(2,3)33-34(30)31;;/h8-10,14H,4-7H2,1-3H3,(H3,23,26,27,28,29);;/q-2;2*+1. The second kappa shape index (κ2) is 13.3. The number of ether oxygens (including phenoxy) is 1. The van der Waals surface area contributed by atoms with Crippen molar-refractivity contribution in [2.75, 3.05) is 18.5 Å². The summed E-state index contributed by atoms with van der Waals surface area (Å²) in [7, 11) is -3.10. The van der Waals surface area contributed by atoms with Gasteiger partial charge in [-0.05, 0) is 39.7 Å². The number of urea groups is 1. The van der Waals surface area contributed by atoms with E-state index in [9.17, 15) is 14.6 Å². The molecule has 3 heterocycles. The summed E-state index contributed by atoms with van der Waals surface area (Å²) in [6.45, 7) is 5.77. The molecule has 3 N–H and O–H groups in total. The summed E-state index contributed by atoms with van der Waals surface area (Å²) in [6.07, 6.45) is 3.75. The van der Waals surface area contributed by atoms with Crippen LogP contribution in [0, 0.1) is 5.82 Å². The van der Waals surface area contributed by atoms with Gasteiger partial charge in [0.25, 0.3) is 0 Å². The molecule has 0 saturated carbocycles. The van der Waals surface area contributed by atoms with Crippen molar-refractivity contribution in [2.45, 2.75) is 45.3 Å². The van der Waals surface area contributed by atoms with Crippen LogP contribution in [0.25, 0.3) is 22.2 Å². The van der Waals surface area contributed by atoms with E-state index in [1.165, 1.54) is 26.2 Å². The zero-order chi connectivity index (χ0) is 24.5. The van der Waals surface area contributed by atoms with Gasteiger partial charge in [0, 0.05) is 42.2 Å². The Kier molecular flexibility index (Phi) is 11.7. The normalized spacial score (nSPS) is 15.5. The van der Waals surface area contributed by atoms with Gasteiger partial charge < -0.3 is 29.3 Å². The van der Waals surface area contributed by atoms with Gasteiger partial charge in [0.15, 0.2) is 5.82 Å². The Hall–Kier alpha value is -0.760. The van der Waals surface area contributed by atoms with Crippen molar-refractivity contribution in [2.24, 2.45) is 0 Å². The molecular formula is C21H24FN6Na2O5P. The fourth-order valence-electron chi connectivity index (χ4n) is 3.84. The predicted molar refractivity (Wildman–Crippen MR) is 119 cm³/mol. The Balaban J connectivity index is 0.00000228. The number of imidazole rings is 1. The number of carbonyl (C=O) groups excluding carboxylic acids is 1. The van der Waals surface area contributed by atoms with Crippen LogP contribution in [0.3, 0.4) is 0 Å². The summed E-state index contributed by atoms with van der Waals surface area (Å²) in [5, 5.41) is 5.21. The molecule has 0 radical (unpaired) electrons. The van der Waals surface area contributed by atoms with Crippen molar-refractivity contribution < 1.29 is 87.3 Å². The molecule has 1 aromatic carbocycles. The van der Waals surface area contributed by atoms with Gasteiger partial charge in [-0.2, -0.15) is 8.60 Å². The smallest absolute Gasteiger partial charge is 0.820 e. The number of rotatable bonds is 7. The van der Waals surface area contributed by atoms with Crippen molar-refractivity contribution in [1.82, 2.24) is 25.3 Å². The average Bonchev–Trinajstić information content (AvgIpc) is 3.42. The number of nitrogens with zero attached hydrogens (tertiary/aromatic N) is 3. The molecule has 1 saturated heterocycles. The second-order valence-electron chi connectivity index (χ2n) is 8.24. The number of halogens is 1. The number of anilines is 1. The Morgan fingerprint density at radius 1 is 1.33 bits per heavy atom. The van der Waals surface area contributed by atoms with E-state index in [1.54, 1.807) is 13.0 Å². The zero-order valence-corrected chi connectivity index (χ0v) is 25.7. The van der Waals surface area contributed by atoms with E-state index in [0.29, 0.717) is 41.7 Å². The van der Waals surface area contributed by atoms with Crippen LogP contribution in [0.15, 0.2) is 18.5 Å². The third-order valence-electron chi connectivity index (χ3n) is 5.37. The Morgan fingerprint density at radius 2 is 2.03 bits per heavy atom. The number of carbonyl (C=O) groups is 1. The molecule has 36 heavy (non-hydrogen) atoms. The van der Waals surface area contributed by atoms with E-state index in [4.69, 9.17) is 9.26 Å². The van der Waals surface area contributed by atoms with Gasteiger partial charge in [0.05, 0.1) is 17.1 Å². The molecule has 1 fully saturated rings. The molecule has 1 unspecified atom stereocenters. The summed E-state index contributed by atoms with van der Waals surface area (Å²) < 4.78 is 26.5. The molecule has 3 aromatic rings. The molecule has 0 bridgehead atoms. The van der Waals surface area contributed by atoms with Gasteiger partial charge in [-0.15, -0.1) is 0 Å². The first-order valence-electron chi connectivity index (χ1n) is 10.7. The molecule has 15 heteroatoms. The first kappa shape index (κ1) is 31.5. The van der Waals surface area contributed by atoms with Gasteiger partial charge in [0.2, 0.25) is 5.95 Å². The number of aromatic nitrogens is 4. The molecule has 1 aliphatic heterocycles. The van der Waals surface area contributed by atoms with Gasteiger partial charge in [0.1, 0.15) is 11.4 Å². The SMILES string of the molecule is CCNC(=O)Nc1nc2c(C3CCCO3)c(F)c(-c3cnc(C(C)(C)OP([O-])[O-])nc3)cc2[nH]1.[Na+].[Na+]. The molecule has 0 aliphatic carbocycles. The molecule has 4 rings (SSSR count). The summed E-state index contributed by atoms with van der Waals surface area (Å²) >= 11 is 0. The Bertz CT molecular complexity index is 1190. The van der Waals surface area contributed by atoms with E-state index in [1.807, 2.05) is 0 Å². The van der Waals surface area contributed by atoms with Crippen molar-refractivity contribution in [1.29, 1.82) is 0 Å². The van der Waals surface area contributed by atoms with Crippen LogP contribution >= 0.6 is 8.60 Å². The fraction of sp³-hybridized carbons (Fsp3) is 0.429. The molecule has 1 aliphatic rings. The van der Waals surface area contributed by atoms with Crippen LogP contribution in [0.2, 0.25) is 0 Å². The Morgan fingerprint density at radius 3 is 2.61 bits per heavy atom. The van der Waals surface area contributed by atoms with E-state index in [2.05, 4.69) is 30.6 Å². The topological polar surface area (TPSA) is 160 Å². The maximum absolute atomic E-state index is 15.8. The summed E-state index contributed by atoms with van der Waals surface area (Å²) in [5.41, 5.74) is 0.475. The van der Waals surface area contributed by atoms with Gasteiger partial charge in [-0.25, -0.2) is 24.1 Å². The van der Waals surface area contributed by atoms with E-state index < -0.39 is 32.2 Å². The van der Waals surface area contributed by atoms with Crippen LogP contribution in [0.5, 0.6) is 0 Å². The minimum absolute atomic E-state index is 0. The molecule has 0 spiro atoms. The predicted octanol–water partition coefficient (Wildman–Crippen LogP) is -3.64. The zero-order valence-electron chi connectivity index (χ0n) is 20.8. The maximum Gasteiger partial charge on any atom is 1.00 e. The number of aromatic amines is 1. The largest absolute Gasteiger partial charge is 1.00 e. The molecule has 2 amide bonds. The fourth-order valence-corrected chi connectivity index (χ4v) is 4.29. The Labute approximate surface area is 253 Å². The van der Waals surface area contributed by atoms with Gasteiger partial charge in [-0.3, -0.25) is 5.32 Å². The number of hydrogen-bond acceptors (Lipinski definition) is 8. The monoisotopic (exact) mass is 536 g/mol. The number of hydrogen-bond donors (Lipinski definition) is 3. The van der Waals surface area contributed by atoms with Crippen LogP contribution in [-0.4, -0.2) is 39.1 Å². The van der Waals surface area contributed by atoms with Crippen molar-refractivity contribution in [3.8, 4) is 11.1 Å². The van der Waals surface area contributed by atoms with Crippen LogP contribution in [-0.2, 0) is 14.9 Å². The number of H-pyrrole nitrogens is 1. The summed E-state index contributed by atoms with van der Waals surface area (Å²) in [4.78, 5) is 49.7. The van der Waals surface area contributed by atoms with E-state index in [-0.39, 0.29) is 76.5 Å². The van der Waals surface area contributed by atoms with E-state index >= 15 is 4.39 Å². The van der Waals surface area contributed by atoms with Crippen molar-refractivity contribution in [3.05, 3.63) is 35.7 Å². The number of fused-ring (bicyclic) bond motifs is 1. The third-order valence-corrected chi connectivity index (χ3v) is 5.98. The van der Waals surface area contributed by atoms with Gasteiger partial charge >= 0.3 is 65.1 Å². The summed E-state index contributed by atoms with van der Waals surface area (Å²) in [5.74, 6) is -0.217. The molecule has 182 valence electrons.